The van der Waals surface area contributed by atoms with Crippen molar-refractivity contribution in [2.75, 3.05) is 11.9 Å². The molecule has 2 rings (SSSR count). The molecule has 0 aliphatic rings. The highest BCUT2D eigenvalue weighted by molar-refractivity contribution is 5.90. The van der Waals surface area contributed by atoms with E-state index in [-0.39, 0.29) is 5.91 Å². The smallest absolute Gasteiger partial charge is 0.224 e. The second-order valence-corrected chi connectivity index (χ2v) is 4.22. The largest absolute Gasteiger partial charge is 0.494 e. The van der Waals surface area contributed by atoms with Crippen LogP contribution >= 0.6 is 0 Å². The first-order valence-corrected chi connectivity index (χ1v) is 6.20. The minimum Gasteiger partial charge on any atom is -0.494 e. The summed E-state index contributed by atoms with van der Waals surface area (Å²) in [6, 6.07) is 9.58. The fourth-order valence-corrected chi connectivity index (χ4v) is 1.65. The zero-order valence-electron chi connectivity index (χ0n) is 10.9. The number of hydrogen-bond acceptors (Lipinski definition) is 3. The number of aryl methyl sites for hydroxylation is 1. The average molecular weight is 259 g/mol. The van der Waals surface area contributed by atoms with Crippen LogP contribution in [0, 0.1) is 0 Å². The van der Waals surface area contributed by atoms with Crippen molar-refractivity contribution in [3.63, 3.8) is 0 Å². The number of hydrogen-bond donors (Lipinski definition) is 1. The third kappa shape index (κ3) is 4.46. The van der Waals surface area contributed by atoms with Gasteiger partial charge in [0, 0.05) is 19.7 Å². The molecule has 100 valence electrons. The molecule has 1 amide bonds. The number of carbonyl (C=O) groups excluding carboxylic acids is 1. The molecule has 5 nitrogen and oxygen atoms in total. The molecule has 1 aromatic heterocycles. The summed E-state index contributed by atoms with van der Waals surface area (Å²) in [5.74, 6) is 0.805. The van der Waals surface area contributed by atoms with E-state index in [4.69, 9.17) is 4.74 Å². The molecule has 1 aromatic carbocycles. The monoisotopic (exact) mass is 259 g/mol. The van der Waals surface area contributed by atoms with Gasteiger partial charge in [0.15, 0.2) is 0 Å². The van der Waals surface area contributed by atoms with Gasteiger partial charge < -0.3 is 10.1 Å². The third-order valence-corrected chi connectivity index (χ3v) is 2.55. The Kier molecular flexibility index (Phi) is 4.55. The Morgan fingerprint density at radius 2 is 2.16 bits per heavy atom. The highest BCUT2D eigenvalue weighted by Crippen LogP contribution is 2.09. The van der Waals surface area contributed by atoms with Crippen LogP contribution in [0.4, 0.5) is 5.69 Å². The lowest BCUT2D eigenvalue weighted by Gasteiger charge is -2.05. The van der Waals surface area contributed by atoms with E-state index in [0.717, 1.165) is 11.4 Å². The van der Waals surface area contributed by atoms with Crippen molar-refractivity contribution in [1.82, 2.24) is 9.78 Å². The van der Waals surface area contributed by atoms with Crippen molar-refractivity contribution in [3.05, 3.63) is 42.7 Å². The van der Waals surface area contributed by atoms with E-state index in [1.54, 1.807) is 17.1 Å². The summed E-state index contributed by atoms with van der Waals surface area (Å²) < 4.78 is 7.16. The molecule has 0 unspecified atom stereocenters. The molecule has 1 heterocycles. The van der Waals surface area contributed by atoms with Gasteiger partial charge in [0.25, 0.3) is 0 Å². The highest BCUT2D eigenvalue weighted by atomic mass is 16.5. The van der Waals surface area contributed by atoms with Crippen LogP contribution in [0.25, 0.3) is 0 Å². The van der Waals surface area contributed by atoms with Crippen LogP contribution in [0.1, 0.15) is 12.8 Å². The van der Waals surface area contributed by atoms with Crippen molar-refractivity contribution in [3.8, 4) is 5.75 Å². The molecule has 0 aliphatic heterocycles. The molecule has 19 heavy (non-hydrogen) atoms. The summed E-state index contributed by atoms with van der Waals surface area (Å²) in [6.45, 7) is 0.532. The Morgan fingerprint density at radius 1 is 1.37 bits per heavy atom. The van der Waals surface area contributed by atoms with Crippen molar-refractivity contribution in [1.29, 1.82) is 0 Å². The van der Waals surface area contributed by atoms with Gasteiger partial charge in [-0.15, -0.1) is 0 Å². The number of para-hydroxylation sites is 1. The third-order valence-electron chi connectivity index (χ3n) is 2.55. The predicted molar refractivity (Wildman–Crippen MR) is 73.0 cm³/mol. The zero-order chi connectivity index (χ0) is 13.5. The van der Waals surface area contributed by atoms with E-state index in [9.17, 15) is 4.79 Å². The highest BCUT2D eigenvalue weighted by Gasteiger charge is 2.03. The normalized spacial score (nSPS) is 10.2. The van der Waals surface area contributed by atoms with Crippen LogP contribution in [0.5, 0.6) is 5.75 Å². The number of ether oxygens (including phenoxy) is 1. The summed E-state index contributed by atoms with van der Waals surface area (Å²) in [6.07, 6.45) is 4.50. The van der Waals surface area contributed by atoms with E-state index in [0.29, 0.717) is 19.4 Å². The van der Waals surface area contributed by atoms with Gasteiger partial charge in [0.2, 0.25) is 5.91 Å². The Bertz CT molecular complexity index is 522. The van der Waals surface area contributed by atoms with Gasteiger partial charge >= 0.3 is 0 Å². The topological polar surface area (TPSA) is 56.2 Å². The van der Waals surface area contributed by atoms with Crippen LogP contribution in [0.15, 0.2) is 42.7 Å². The molecule has 0 atom stereocenters. The van der Waals surface area contributed by atoms with Gasteiger partial charge in [-0.05, 0) is 18.6 Å². The lowest BCUT2D eigenvalue weighted by atomic mass is 10.3. The van der Waals surface area contributed by atoms with Crippen LogP contribution in [-0.2, 0) is 11.8 Å². The first-order chi connectivity index (χ1) is 9.24. The fourth-order valence-electron chi connectivity index (χ4n) is 1.65. The molecule has 0 radical (unpaired) electrons. The number of carbonyl (C=O) groups is 1. The minimum absolute atomic E-state index is 0.0235. The Balaban J connectivity index is 1.64. The molecule has 0 fully saturated rings. The van der Waals surface area contributed by atoms with Crippen molar-refractivity contribution in [2.45, 2.75) is 12.8 Å². The maximum atomic E-state index is 11.6. The fraction of sp³-hybridized carbons (Fsp3) is 0.286. The Labute approximate surface area is 112 Å². The van der Waals surface area contributed by atoms with E-state index >= 15 is 0 Å². The maximum Gasteiger partial charge on any atom is 0.224 e. The molecule has 0 saturated heterocycles. The first-order valence-electron chi connectivity index (χ1n) is 6.20. The number of aromatic nitrogens is 2. The molecule has 0 aliphatic carbocycles. The van der Waals surface area contributed by atoms with E-state index in [1.165, 1.54) is 0 Å². The van der Waals surface area contributed by atoms with Crippen molar-refractivity contribution >= 4 is 11.6 Å². The summed E-state index contributed by atoms with van der Waals surface area (Å²) in [5, 5.41) is 6.77. The van der Waals surface area contributed by atoms with Gasteiger partial charge in [-0.25, -0.2) is 0 Å². The zero-order valence-corrected chi connectivity index (χ0v) is 10.9. The molecular formula is C14H17N3O2. The lowest BCUT2D eigenvalue weighted by molar-refractivity contribution is -0.116. The molecule has 2 aromatic rings. The van der Waals surface area contributed by atoms with Crippen LogP contribution in [-0.4, -0.2) is 22.3 Å². The second-order valence-electron chi connectivity index (χ2n) is 4.22. The van der Waals surface area contributed by atoms with Gasteiger partial charge in [0.1, 0.15) is 5.75 Å². The van der Waals surface area contributed by atoms with Crippen LogP contribution in [0.3, 0.4) is 0 Å². The number of benzene rings is 1. The van der Waals surface area contributed by atoms with Crippen LogP contribution in [0.2, 0.25) is 0 Å². The van der Waals surface area contributed by atoms with E-state index in [1.807, 2.05) is 37.4 Å². The molecule has 0 saturated carbocycles. The van der Waals surface area contributed by atoms with Crippen molar-refractivity contribution in [2.24, 2.45) is 7.05 Å². The molecular weight excluding hydrogens is 242 g/mol. The van der Waals surface area contributed by atoms with Crippen LogP contribution < -0.4 is 10.1 Å². The number of nitrogens with zero attached hydrogens (tertiary/aromatic N) is 2. The predicted octanol–water partition coefficient (Wildman–Crippen LogP) is 2.22. The lowest BCUT2D eigenvalue weighted by Crippen LogP contribution is -2.12. The number of nitrogens with one attached hydrogen (secondary N) is 1. The van der Waals surface area contributed by atoms with Gasteiger partial charge in [-0.2, -0.15) is 5.10 Å². The standard InChI is InChI=1S/C14H17N3O2/c1-17-11-12(10-15-17)16-14(18)8-5-9-19-13-6-3-2-4-7-13/h2-4,6-7,10-11H,5,8-9H2,1H3,(H,16,18). The van der Waals surface area contributed by atoms with E-state index < -0.39 is 0 Å². The summed E-state index contributed by atoms with van der Waals surface area (Å²) >= 11 is 0. The number of anilines is 1. The number of amides is 1. The first kappa shape index (κ1) is 13.1. The SMILES string of the molecule is Cn1cc(NC(=O)CCCOc2ccccc2)cn1. The number of rotatable bonds is 6. The minimum atomic E-state index is -0.0235. The molecule has 0 bridgehead atoms. The van der Waals surface area contributed by atoms with Crippen molar-refractivity contribution < 1.29 is 9.53 Å². The molecule has 0 spiro atoms. The van der Waals surface area contributed by atoms with Gasteiger partial charge in [-0.3, -0.25) is 9.48 Å². The molecule has 5 heteroatoms. The summed E-state index contributed by atoms with van der Waals surface area (Å²) in [7, 11) is 1.81. The average Bonchev–Trinajstić information content (AvgIpc) is 2.81. The molecule has 1 N–H and O–H groups in total. The quantitative estimate of drug-likeness (QED) is 0.809. The maximum absolute atomic E-state index is 11.6. The summed E-state index contributed by atoms with van der Waals surface area (Å²) in [4.78, 5) is 11.6. The van der Waals surface area contributed by atoms with E-state index in [2.05, 4.69) is 10.4 Å². The van der Waals surface area contributed by atoms with Gasteiger partial charge in [0.05, 0.1) is 18.5 Å². The Morgan fingerprint density at radius 3 is 2.84 bits per heavy atom. The van der Waals surface area contributed by atoms with Gasteiger partial charge in [-0.1, -0.05) is 18.2 Å². The Hall–Kier alpha value is -2.30. The second kappa shape index (κ2) is 6.58. The summed E-state index contributed by atoms with van der Waals surface area (Å²) in [5.41, 5.74) is 0.719.